The van der Waals surface area contributed by atoms with E-state index in [-0.39, 0.29) is 23.4 Å². The maximum absolute atomic E-state index is 12.9. The number of hydrogen-bond acceptors (Lipinski definition) is 4. The van der Waals surface area contributed by atoms with E-state index in [0.717, 1.165) is 30.2 Å². The van der Waals surface area contributed by atoms with E-state index in [9.17, 15) is 18.0 Å². The van der Waals surface area contributed by atoms with Crippen LogP contribution in [0.3, 0.4) is 0 Å². The van der Waals surface area contributed by atoms with Gasteiger partial charge in [-0.1, -0.05) is 6.92 Å². The van der Waals surface area contributed by atoms with Crippen LogP contribution < -0.4 is 0 Å². The Bertz CT molecular complexity index is 793. The summed E-state index contributed by atoms with van der Waals surface area (Å²) in [7, 11) is 1.69. The molecule has 1 aliphatic carbocycles. The van der Waals surface area contributed by atoms with E-state index < -0.39 is 12.0 Å². The first-order valence-electron chi connectivity index (χ1n) is 8.25. The summed E-state index contributed by atoms with van der Waals surface area (Å²) < 4.78 is 39.5. The number of rotatable bonds is 2. The molecule has 0 spiro atoms. The van der Waals surface area contributed by atoms with E-state index in [1.54, 1.807) is 18.9 Å². The van der Waals surface area contributed by atoms with Crippen molar-refractivity contribution >= 4 is 11.7 Å². The molecule has 25 heavy (non-hydrogen) atoms. The zero-order valence-corrected chi connectivity index (χ0v) is 14.3. The van der Waals surface area contributed by atoms with Gasteiger partial charge in [0.05, 0.1) is 0 Å². The van der Waals surface area contributed by atoms with Crippen LogP contribution in [0.15, 0.2) is 6.07 Å². The number of carbonyl (C=O) groups is 1. The average molecular weight is 355 g/mol. The molecule has 1 amide bonds. The summed E-state index contributed by atoms with van der Waals surface area (Å²) >= 11 is 0. The molecule has 2 heterocycles. The zero-order valence-electron chi connectivity index (χ0n) is 14.3. The smallest absolute Gasteiger partial charge is 0.337 e. The van der Waals surface area contributed by atoms with Gasteiger partial charge in [-0.25, -0.2) is 4.98 Å². The standard InChI is InChI=1S/C16H20F3N5O/c1-9-4-6-11(7-5-9)23(3)13(25)12-8-10(2)20-15-21-14(16(17,18)19)22-24(12)15/h8-9,11H,4-7H2,1-3H3. The average Bonchev–Trinajstić information content (AvgIpc) is 2.97. The lowest BCUT2D eigenvalue weighted by molar-refractivity contribution is -0.144. The van der Waals surface area contributed by atoms with Crippen molar-refractivity contribution in [3.8, 4) is 0 Å². The lowest BCUT2D eigenvalue weighted by Crippen LogP contribution is -2.40. The molecule has 0 unspecified atom stereocenters. The van der Waals surface area contributed by atoms with Crippen LogP contribution >= 0.6 is 0 Å². The highest BCUT2D eigenvalue weighted by Crippen LogP contribution is 2.28. The largest absolute Gasteiger partial charge is 0.453 e. The van der Waals surface area contributed by atoms with E-state index in [1.165, 1.54) is 6.07 Å². The van der Waals surface area contributed by atoms with Crippen molar-refractivity contribution < 1.29 is 18.0 Å². The minimum Gasteiger partial charge on any atom is -0.337 e. The Hall–Kier alpha value is -2.19. The summed E-state index contributed by atoms with van der Waals surface area (Å²) in [6.45, 7) is 3.79. The molecule has 2 aromatic heterocycles. The normalized spacial score (nSPS) is 21.5. The summed E-state index contributed by atoms with van der Waals surface area (Å²) in [6.07, 6.45) is -0.833. The Morgan fingerprint density at radius 3 is 2.48 bits per heavy atom. The minimum atomic E-state index is -4.69. The van der Waals surface area contributed by atoms with Gasteiger partial charge in [0.25, 0.3) is 17.5 Å². The fraction of sp³-hybridized carbons (Fsp3) is 0.625. The van der Waals surface area contributed by atoms with Crippen LogP contribution in [0.1, 0.15) is 54.6 Å². The quantitative estimate of drug-likeness (QED) is 0.830. The second kappa shape index (κ2) is 6.27. The maximum atomic E-state index is 12.9. The molecule has 0 bridgehead atoms. The van der Waals surface area contributed by atoms with Gasteiger partial charge in [-0.05, 0) is 44.6 Å². The van der Waals surface area contributed by atoms with Crippen LogP contribution in [0.25, 0.3) is 5.78 Å². The summed E-state index contributed by atoms with van der Waals surface area (Å²) in [5, 5.41) is 3.46. The van der Waals surface area contributed by atoms with Crippen molar-refractivity contribution in [2.24, 2.45) is 5.92 Å². The third kappa shape index (κ3) is 3.45. The molecule has 0 atom stereocenters. The first-order chi connectivity index (χ1) is 11.7. The first-order valence-corrected chi connectivity index (χ1v) is 8.25. The molecule has 0 N–H and O–H groups in total. The van der Waals surface area contributed by atoms with Gasteiger partial charge in [-0.2, -0.15) is 22.7 Å². The van der Waals surface area contributed by atoms with Crippen molar-refractivity contribution in [1.29, 1.82) is 0 Å². The highest BCUT2D eigenvalue weighted by molar-refractivity contribution is 5.93. The highest BCUT2D eigenvalue weighted by Gasteiger charge is 2.37. The number of nitrogens with zero attached hydrogens (tertiary/aromatic N) is 5. The predicted molar refractivity (Wildman–Crippen MR) is 84.0 cm³/mol. The fourth-order valence-corrected chi connectivity index (χ4v) is 3.24. The number of fused-ring (bicyclic) bond motifs is 1. The Balaban J connectivity index is 1.96. The Morgan fingerprint density at radius 1 is 1.24 bits per heavy atom. The lowest BCUT2D eigenvalue weighted by Gasteiger charge is -2.33. The number of alkyl halides is 3. The zero-order chi connectivity index (χ0) is 18.4. The van der Waals surface area contributed by atoms with Crippen molar-refractivity contribution in [3.63, 3.8) is 0 Å². The Kier molecular flexibility index (Phi) is 4.42. The van der Waals surface area contributed by atoms with Crippen molar-refractivity contribution in [2.75, 3.05) is 7.05 Å². The molecule has 3 rings (SSSR count). The van der Waals surface area contributed by atoms with Gasteiger partial charge in [0.15, 0.2) is 0 Å². The Morgan fingerprint density at radius 2 is 1.88 bits per heavy atom. The third-order valence-corrected chi connectivity index (χ3v) is 4.77. The van der Waals surface area contributed by atoms with Gasteiger partial charge < -0.3 is 4.90 Å². The Labute approximate surface area is 143 Å². The van der Waals surface area contributed by atoms with Crippen LogP contribution in [0.5, 0.6) is 0 Å². The minimum absolute atomic E-state index is 0.0478. The summed E-state index contributed by atoms with van der Waals surface area (Å²) in [5.74, 6) is -1.25. The number of amides is 1. The molecule has 1 saturated carbocycles. The lowest BCUT2D eigenvalue weighted by atomic mass is 9.86. The molecule has 1 fully saturated rings. The van der Waals surface area contributed by atoms with Gasteiger partial charge in [-0.15, -0.1) is 5.10 Å². The molecule has 136 valence electrons. The molecular formula is C16H20F3N5O. The molecule has 6 nitrogen and oxygen atoms in total. The van der Waals surface area contributed by atoms with E-state index in [0.29, 0.717) is 11.6 Å². The molecule has 0 aromatic carbocycles. The van der Waals surface area contributed by atoms with E-state index in [4.69, 9.17) is 0 Å². The summed E-state index contributed by atoms with van der Waals surface area (Å²) in [5.41, 5.74) is 0.467. The van der Waals surface area contributed by atoms with Crippen molar-refractivity contribution in [2.45, 2.75) is 51.7 Å². The SMILES string of the molecule is Cc1cc(C(=O)N(C)C2CCC(C)CC2)n2nc(C(F)(F)F)nc2n1. The first kappa shape index (κ1) is 17.6. The number of aromatic nitrogens is 4. The molecule has 2 aromatic rings. The topological polar surface area (TPSA) is 63.4 Å². The maximum Gasteiger partial charge on any atom is 0.453 e. The number of carbonyl (C=O) groups excluding carboxylic acids is 1. The number of hydrogen-bond donors (Lipinski definition) is 0. The molecule has 0 aliphatic heterocycles. The van der Waals surface area contributed by atoms with E-state index >= 15 is 0 Å². The highest BCUT2D eigenvalue weighted by atomic mass is 19.4. The van der Waals surface area contributed by atoms with Crippen molar-refractivity contribution in [3.05, 3.63) is 23.3 Å². The van der Waals surface area contributed by atoms with E-state index in [1.807, 2.05) is 0 Å². The third-order valence-electron chi connectivity index (χ3n) is 4.77. The van der Waals surface area contributed by atoms with Crippen LogP contribution in [-0.2, 0) is 6.18 Å². The second-order valence-electron chi connectivity index (χ2n) is 6.76. The fourth-order valence-electron chi connectivity index (χ4n) is 3.24. The van der Waals surface area contributed by atoms with Gasteiger partial charge >= 0.3 is 6.18 Å². The van der Waals surface area contributed by atoms with Crippen LogP contribution in [0.4, 0.5) is 13.2 Å². The monoisotopic (exact) mass is 355 g/mol. The van der Waals surface area contributed by atoms with Crippen LogP contribution in [0, 0.1) is 12.8 Å². The predicted octanol–water partition coefficient (Wildman–Crippen LogP) is 3.10. The second-order valence-corrected chi connectivity index (χ2v) is 6.76. The van der Waals surface area contributed by atoms with Gasteiger partial charge in [-0.3, -0.25) is 4.79 Å². The van der Waals surface area contributed by atoms with Crippen LogP contribution in [-0.4, -0.2) is 43.5 Å². The molecule has 0 saturated heterocycles. The van der Waals surface area contributed by atoms with Gasteiger partial charge in [0.1, 0.15) is 5.69 Å². The number of halogens is 3. The van der Waals surface area contributed by atoms with E-state index in [2.05, 4.69) is 22.0 Å². The molecule has 0 radical (unpaired) electrons. The molecule has 9 heteroatoms. The van der Waals surface area contributed by atoms with Gasteiger partial charge in [0, 0.05) is 18.8 Å². The molecular weight excluding hydrogens is 335 g/mol. The van der Waals surface area contributed by atoms with Crippen LogP contribution in [0.2, 0.25) is 0 Å². The summed E-state index contributed by atoms with van der Waals surface area (Å²) in [6, 6.07) is 1.53. The van der Waals surface area contributed by atoms with Crippen molar-refractivity contribution in [1.82, 2.24) is 24.5 Å². The molecule has 1 aliphatic rings. The number of aryl methyl sites for hydroxylation is 1. The summed E-state index contributed by atoms with van der Waals surface area (Å²) in [4.78, 5) is 21.9. The van der Waals surface area contributed by atoms with Gasteiger partial charge in [0.2, 0.25) is 0 Å².